The van der Waals surface area contributed by atoms with Crippen LogP contribution in [-0.4, -0.2) is 44.1 Å². The zero-order chi connectivity index (χ0) is 15.1. The molecule has 0 radical (unpaired) electrons. The third-order valence-electron chi connectivity index (χ3n) is 3.34. The van der Waals surface area contributed by atoms with E-state index in [0.717, 1.165) is 42.9 Å². The molecule has 0 spiro atoms. The second-order valence-corrected chi connectivity index (χ2v) is 4.95. The number of methoxy groups -OCH3 is 1. The highest BCUT2D eigenvalue weighted by atomic mass is 16.5. The summed E-state index contributed by atoms with van der Waals surface area (Å²) in [6.07, 6.45) is 0.974. The zero-order valence-electron chi connectivity index (χ0n) is 12.3. The summed E-state index contributed by atoms with van der Waals surface area (Å²) in [4.78, 5) is 13.7. The number of carbonyl (C=O) groups excluding carboxylic acids is 1. The van der Waals surface area contributed by atoms with Crippen molar-refractivity contribution >= 4 is 5.91 Å². The van der Waals surface area contributed by atoms with Crippen LogP contribution in [0.5, 0.6) is 5.75 Å². The number of rotatable bonds is 3. The Morgan fingerprint density at radius 2 is 2.33 bits per heavy atom. The molecule has 1 saturated heterocycles. The van der Waals surface area contributed by atoms with Crippen molar-refractivity contribution in [3.05, 3.63) is 29.3 Å². The molecule has 0 aromatic heterocycles. The maximum absolute atomic E-state index is 11.6. The number of nitrogens with two attached hydrogens (primary N) is 1. The van der Waals surface area contributed by atoms with E-state index in [1.54, 1.807) is 7.11 Å². The average Bonchev–Trinajstić information content (AvgIpc) is 2.69. The number of amides is 1. The Balaban J connectivity index is 2.14. The molecule has 0 aliphatic carbocycles. The molecule has 112 valence electrons. The number of nitrogens with zero attached hydrogens (tertiary/aromatic N) is 1. The second kappa shape index (κ2) is 7.67. The summed E-state index contributed by atoms with van der Waals surface area (Å²) in [6, 6.07) is 5.92. The average molecular weight is 287 g/mol. The minimum atomic E-state index is 0.0872. The lowest BCUT2D eigenvalue weighted by Crippen LogP contribution is -2.32. The van der Waals surface area contributed by atoms with Crippen LogP contribution in [0.1, 0.15) is 17.5 Å². The summed E-state index contributed by atoms with van der Waals surface area (Å²) in [5.41, 5.74) is 7.37. The Labute approximate surface area is 125 Å². The molecule has 1 aliphatic heterocycles. The van der Waals surface area contributed by atoms with Gasteiger partial charge in [0.05, 0.1) is 25.8 Å². The molecular weight excluding hydrogens is 266 g/mol. The zero-order valence-corrected chi connectivity index (χ0v) is 12.3. The van der Waals surface area contributed by atoms with E-state index in [1.165, 1.54) is 0 Å². The minimum absolute atomic E-state index is 0.0872. The van der Waals surface area contributed by atoms with Gasteiger partial charge in [0.15, 0.2) is 0 Å². The smallest absolute Gasteiger partial charge is 0.234 e. The monoisotopic (exact) mass is 287 g/mol. The van der Waals surface area contributed by atoms with Crippen molar-refractivity contribution in [2.75, 3.05) is 33.3 Å². The van der Waals surface area contributed by atoms with Crippen molar-refractivity contribution in [1.29, 1.82) is 0 Å². The Hall–Kier alpha value is -2.03. The summed E-state index contributed by atoms with van der Waals surface area (Å²) in [7, 11) is 1.63. The van der Waals surface area contributed by atoms with Gasteiger partial charge in [0, 0.05) is 19.6 Å². The van der Waals surface area contributed by atoms with E-state index in [9.17, 15) is 4.79 Å². The van der Waals surface area contributed by atoms with Crippen LogP contribution in [0.4, 0.5) is 0 Å². The highest BCUT2D eigenvalue weighted by Gasteiger charge is 2.15. The highest BCUT2D eigenvalue weighted by molar-refractivity contribution is 5.78. The third kappa shape index (κ3) is 4.48. The first-order valence-electron chi connectivity index (χ1n) is 7.08. The topological polar surface area (TPSA) is 67.6 Å². The Kier molecular flexibility index (Phi) is 5.61. The normalized spacial score (nSPS) is 15.6. The minimum Gasteiger partial charge on any atom is -0.495 e. The fourth-order valence-corrected chi connectivity index (χ4v) is 2.36. The van der Waals surface area contributed by atoms with E-state index >= 15 is 0 Å². The van der Waals surface area contributed by atoms with Crippen LogP contribution in [0.3, 0.4) is 0 Å². The van der Waals surface area contributed by atoms with Crippen LogP contribution in [0.2, 0.25) is 0 Å². The quantitative estimate of drug-likeness (QED) is 0.786. The van der Waals surface area contributed by atoms with Gasteiger partial charge in [0.1, 0.15) is 5.75 Å². The SMILES string of the molecule is COc1ccc(CN2CCCNC(=O)C2)cc1C#CCN. The number of nitrogens with one attached hydrogen (secondary N) is 1. The van der Waals surface area contributed by atoms with Crippen molar-refractivity contribution in [3.63, 3.8) is 0 Å². The van der Waals surface area contributed by atoms with E-state index in [1.807, 2.05) is 18.2 Å². The van der Waals surface area contributed by atoms with Crippen molar-refractivity contribution in [1.82, 2.24) is 10.2 Å². The number of hydrogen-bond donors (Lipinski definition) is 2. The van der Waals surface area contributed by atoms with Crippen molar-refractivity contribution in [3.8, 4) is 17.6 Å². The molecule has 1 fully saturated rings. The van der Waals surface area contributed by atoms with Gasteiger partial charge in [-0.05, 0) is 24.1 Å². The molecule has 1 amide bonds. The molecule has 2 rings (SSSR count). The van der Waals surface area contributed by atoms with Crippen molar-refractivity contribution in [2.45, 2.75) is 13.0 Å². The first-order valence-corrected chi connectivity index (χ1v) is 7.08. The Bertz CT molecular complexity index is 560. The number of hydrogen-bond acceptors (Lipinski definition) is 4. The maximum Gasteiger partial charge on any atom is 0.234 e. The van der Waals surface area contributed by atoms with Crippen LogP contribution in [0.15, 0.2) is 18.2 Å². The highest BCUT2D eigenvalue weighted by Crippen LogP contribution is 2.20. The molecule has 0 atom stereocenters. The molecule has 3 N–H and O–H groups in total. The molecule has 0 bridgehead atoms. The van der Waals surface area contributed by atoms with Gasteiger partial charge < -0.3 is 15.8 Å². The largest absolute Gasteiger partial charge is 0.495 e. The molecule has 5 heteroatoms. The predicted molar refractivity (Wildman–Crippen MR) is 81.8 cm³/mol. The number of carbonyl (C=O) groups is 1. The summed E-state index contributed by atoms with van der Waals surface area (Å²) in [6.45, 7) is 3.16. The van der Waals surface area contributed by atoms with Crippen molar-refractivity contribution in [2.24, 2.45) is 5.73 Å². The van der Waals surface area contributed by atoms with Crippen LogP contribution in [0, 0.1) is 11.8 Å². The van der Waals surface area contributed by atoms with Gasteiger partial charge in [0.25, 0.3) is 0 Å². The van der Waals surface area contributed by atoms with Gasteiger partial charge in [-0.15, -0.1) is 0 Å². The molecule has 1 heterocycles. The first kappa shape index (κ1) is 15.4. The summed E-state index contributed by atoms with van der Waals surface area (Å²) >= 11 is 0. The lowest BCUT2D eigenvalue weighted by Gasteiger charge is -2.19. The van der Waals surface area contributed by atoms with E-state index in [-0.39, 0.29) is 5.91 Å². The third-order valence-corrected chi connectivity index (χ3v) is 3.34. The molecule has 1 aliphatic rings. The van der Waals surface area contributed by atoms with Gasteiger partial charge in [-0.25, -0.2) is 0 Å². The van der Waals surface area contributed by atoms with E-state index in [2.05, 4.69) is 22.1 Å². The van der Waals surface area contributed by atoms with Crippen LogP contribution >= 0.6 is 0 Å². The second-order valence-electron chi connectivity index (χ2n) is 4.95. The molecule has 5 nitrogen and oxygen atoms in total. The van der Waals surface area contributed by atoms with Crippen LogP contribution < -0.4 is 15.8 Å². The van der Waals surface area contributed by atoms with Gasteiger partial charge in [-0.2, -0.15) is 0 Å². The number of benzene rings is 1. The van der Waals surface area contributed by atoms with E-state index in [0.29, 0.717) is 13.1 Å². The molecular formula is C16H21N3O2. The summed E-state index contributed by atoms with van der Waals surface area (Å²) in [5.74, 6) is 6.70. The predicted octanol–water partition coefficient (Wildman–Crippen LogP) is 0.327. The van der Waals surface area contributed by atoms with Gasteiger partial charge in [0.2, 0.25) is 5.91 Å². The van der Waals surface area contributed by atoms with Gasteiger partial charge in [-0.1, -0.05) is 17.9 Å². The van der Waals surface area contributed by atoms with Crippen LogP contribution in [-0.2, 0) is 11.3 Å². The van der Waals surface area contributed by atoms with E-state index < -0.39 is 0 Å². The molecule has 21 heavy (non-hydrogen) atoms. The van der Waals surface area contributed by atoms with E-state index in [4.69, 9.17) is 10.5 Å². The van der Waals surface area contributed by atoms with Gasteiger partial charge in [-0.3, -0.25) is 9.69 Å². The lowest BCUT2D eigenvalue weighted by molar-refractivity contribution is -0.121. The first-order chi connectivity index (χ1) is 10.2. The molecule has 0 unspecified atom stereocenters. The fraction of sp³-hybridized carbons (Fsp3) is 0.438. The maximum atomic E-state index is 11.6. The van der Waals surface area contributed by atoms with Gasteiger partial charge >= 0.3 is 0 Å². The Morgan fingerprint density at radius 1 is 1.48 bits per heavy atom. The number of ether oxygens (including phenoxy) is 1. The Morgan fingerprint density at radius 3 is 3.10 bits per heavy atom. The molecule has 1 aromatic rings. The standard InChI is InChI=1S/C16H21N3O2/c1-21-15-6-5-13(10-14(15)4-2-7-17)11-19-9-3-8-18-16(20)12-19/h5-6,10H,3,7-9,11-12,17H2,1H3,(H,18,20). The molecule has 0 saturated carbocycles. The summed E-state index contributed by atoms with van der Waals surface area (Å²) in [5, 5.41) is 2.88. The van der Waals surface area contributed by atoms with Crippen LogP contribution in [0.25, 0.3) is 0 Å². The lowest BCUT2D eigenvalue weighted by atomic mass is 10.1. The summed E-state index contributed by atoms with van der Waals surface area (Å²) < 4.78 is 5.30. The van der Waals surface area contributed by atoms with Crippen molar-refractivity contribution < 1.29 is 9.53 Å². The molecule has 1 aromatic carbocycles. The fourth-order valence-electron chi connectivity index (χ4n) is 2.36.